The fraction of sp³-hybridized carbons (Fsp3) is 0.857. The largest absolute Gasteiger partial charge is 0.326 e. The molecule has 86 valence electrons. The monoisotopic (exact) mass is 207 g/mol. The van der Waals surface area contributed by atoms with Gasteiger partial charge >= 0.3 is 0 Å². The van der Waals surface area contributed by atoms with Crippen LogP contribution in [0.2, 0.25) is 0 Å². The van der Waals surface area contributed by atoms with E-state index in [-0.39, 0.29) is 5.54 Å². The topological polar surface area (TPSA) is 26.0 Å². The Bertz CT molecular complexity index is 270. The number of allylic oxidation sites excluding steroid dienone is 2. The van der Waals surface area contributed by atoms with Crippen molar-refractivity contribution in [3.05, 3.63) is 12.2 Å². The third kappa shape index (κ3) is 2.28. The van der Waals surface area contributed by atoms with E-state index in [4.69, 9.17) is 5.73 Å². The summed E-state index contributed by atoms with van der Waals surface area (Å²) in [5.41, 5.74) is 6.53. The SMILES string of the molecule is CC(C)(N)CC(C)(C)C1CC2C=CC1C2. The van der Waals surface area contributed by atoms with E-state index in [0.29, 0.717) is 5.41 Å². The fourth-order valence-electron chi connectivity index (χ4n) is 3.98. The molecule has 2 N–H and O–H groups in total. The summed E-state index contributed by atoms with van der Waals surface area (Å²) in [5.74, 6) is 2.57. The van der Waals surface area contributed by atoms with Gasteiger partial charge in [0.1, 0.15) is 0 Å². The van der Waals surface area contributed by atoms with Gasteiger partial charge in [-0.05, 0) is 56.3 Å². The first-order valence-corrected chi connectivity index (χ1v) is 6.25. The lowest BCUT2D eigenvalue weighted by molar-refractivity contribution is 0.134. The zero-order valence-electron chi connectivity index (χ0n) is 10.6. The molecule has 0 radical (unpaired) electrons. The maximum Gasteiger partial charge on any atom is 0.0102 e. The minimum atomic E-state index is -0.0327. The molecule has 1 fully saturated rings. The molecular formula is C14H25N. The Labute approximate surface area is 94.1 Å². The van der Waals surface area contributed by atoms with Crippen molar-refractivity contribution in [2.75, 3.05) is 0 Å². The van der Waals surface area contributed by atoms with E-state index < -0.39 is 0 Å². The molecular weight excluding hydrogens is 182 g/mol. The van der Waals surface area contributed by atoms with Crippen molar-refractivity contribution in [2.24, 2.45) is 28.9 Å². The second-order valence-electron chi connectivity index (χ2n) is 7.04. The van der Waals surface area contributed by atoms with Gasteiger partial charge in [0.2, 0.25) is 0 Å². The highest BCUT2D eigenvalue weighted by Crippen LogP contribution is 2.53. The van der Waals surface area contributed by atoms with Crippen LogP contribution in [0.1, 0.15) is 47.0 Å². The minimum absolute atomic E-state index is 0.0327. The summed E-state index contributed by atoms with van der Waals surface area (Å²) in [6.07, 6.45) is 8.79. The molecule has 2 rings (SSSR count). The highest BCUT2D eigenvalue weighted by molar-refractivity contribution is 5.12. The average Bonchev–Trinajstić information content (AvgIpc) is 2.58. The Balaban J connectivity index is 2.06. The van der Waals surface area contributed by atoms with Crippen LogP contribution in [0, 0.1) is 23.2 Å². The van der Waals surface area contributed by atoms with Crippen molar-refractivity contribution in [3.8, 4) is 0 Å². The summed E-state index contributed by atoms with van der Waals surface area (Å²) in [4.78, 5) is 0. The molecule has 2 bridgehead atoms. The second kappa shape index (κ2) is 3.35. The molecule has 1 saturated carbocycles. The lowest BCUT2D eigenvalue weighted by Gasteiger charge is -2.40. The van der Waals surface area contributed by atoms with Crippen LogP contribution in [0.15, 0.2) is 12.2 Å². The maximum absolute atomic E-state index is 6.17. The molecule has 0 spiro atoms. The van der Waals surface area contributed by atoms with E-state index in [1.54, 1.807) is 0 Å². The van der Waals surface area contributed by atoms with E-state index in [9.17, 15) is 0 Å². The molecule has 0 heterocycles. The molecule has 1 heteroatoms. The van der Waals surface area contributed by atoms with Gasteiger partial charge in [-0.15, -0.1) is 0 Å². The Hall–Kier alpha value is -0.300. The zero-order chi connectivity index (χ0) is 11.3. The standard InChI is InChI=1S/C14H25N/c1-13(2,9-14(3,4)15)12-8-10-5-6-11(12)7-10/h5-6,10-12H,7-9,15H2,1-4H3. The van der Waals surface area contributed by atoms with Crippen molar-refractivity contribution in [1.29, 1.82) is 0 Å². The van der Waals surface area contributed by atoms with Crippen LogP contribution in [-0.4, -0.2) is 5.54 Å². The average molecular weight is 207 g/mol. The van der Waals surface area contributed by atoms with E-state index in [2.05, 4.69) is 39.8 Å². The zero-order valence-corrected chi connectivity index (χ0v) is 10.6. The normalized spacial score (nSPS) is 35.1. The first-order valence-electron chi connectivity index (χ1n) is 6.25. The number of hydrogen-bond donors (Lipinski definition) is 1. The van der Waals surface area contributed by atoms with E-state index in [1.807, 2.05) is 0 Å². The van der Waals surface area contributed by atoms with Crippen molar-refractivity contribution in [3.63, 3.8) is 0 Å². The lowest BCUT2D eigenvalue weighted by atomic mass is 9.67. The number of fused-ring (bicyclic) bond motifs is 2. The van der Waals surface area contributed by atoms with Gasteiger partial charge in [0.05, 0.1) is 0 Å². The Morgan fingerprint density at radius 3 is 2.20 bits per heavy atom. The molecule has 3 unspecified atom stereocenters. The highest BCUT2D eigenvalue weighted by atomic mass is 14.7. The Morgan fingerprint density at radius 2 is 1.80 bits per heavy atom. The minimum Gasteiger partial charge on any atom is -0.326 e. The fourth-order valence-corrected chi connectivity index (χ4v) is 3.98. The van der Waals surface area contributed by atoms with Crippen LogP contribution in [0.25, 0.3) is 0 Å². The predicted octanol–water partition coefficient (Wildman–Crippen LogP) is 3.35. The van der Waals surface area contributed by atoms with E-state index in [1.165, 1.54) is 12.8 Å². The van der Waals surface area contributed by atoms with Gasteiger partial charge < -0.3 is 5.73 Å². The van der Waals surface area contributed by atoms with Gasteiger partial charge in [-0.25, -0.2) is 0 Å². The smallest absolute Gasteiger partial charge is 0.0102 e. The van der Waals surface area contributed by atoms with Gasteiger partial charge in [-0.3, -0.25) is 0 Å². The third-order valence-electron chi connectivity index (χ3n) is 4.19. The third-order valence-corrected chi connectivity index (χ3v) is 4.19. The molecule has 0 amide bonds. The van der Waals surface area contributed by atoms with Gasteiger partial charge in [0, 0.05) is 5.54 Å². The molecule has 15 heavy (non-hydrogen) atoms. The van der Waals surface area contributed by atoms with Crippen molar-refractivity contribution in [2.45, 2.75) is 52.5 Å². The van der Waals surface area contributed by atoms with Gasteiger partial charge in [0.25, 0.3) is 0 Å². The van der Waals surface area contributed by atoms with Crippen molar-refractivity contribution >= 4 is 0 Å². The molecule has 1 nitrogen and oxygen atoms in total. The predicted molar refractivity (Wildman–Crippen MR) is 65.5 cm³/mol. The Morgan fingerprint density at radius 1 is 1.13 bits per heavy atom. The molecule has 3 atom stereocenters. The van der Waals surface area contributed by atoms with Crippen molar-refractivity contribution in [1.82, 2.24) is 0 Å². The van der Waals surface area contributed by atoms with Gasteiger partial charge in [-0.2, -0.15) is 0 Å². The summed E-state index contributed by atoms with van der Waals surface area (Å²) in [5, 5.41) is 0. The molecule has 0 saturated heterocycles. The summed E-state index contributed by atoms with van der Waals surface area (Å²) in [6, 6.07) is 0. The van der Waals surface area contributed by atoms with Crippen LogP contribution in [-0.2, 0) is 0 Å². The van der Waals surface area contributed by atoms with Crippen molar-refractivity contribution < 1.29 is 0 Å². The molecule has 0 aliphatic heterocycles. The molecule has 2 aliphatic carbocycles. The number of rotatable bonds is 3. The van der Waals surface area contributed by atoms with Gasteiger partial charge in [-0.1, -0.05) is 26.0 Å². The quantitative estimate of drug-likeness (QED) is 0.706. The van der Waals surface area contributed by atoms with Crippen LogP contribution in [0.4, 0.5) is 0 Å². The molecule has 0 aromatic rings. The number of nitrogens with two attached hydrogens (primary N) is 1. The van der Waals surface area contributed by atoms with E-state index >= 15 is 0 Å². The van der Waals surface area contributed by atoms with Crippen LogP contribution >= 0.6 is 0 Å². The summed E-state index contributed by atoms with van der Waals surface area (Å²) in [6.45, 7) is 9.11. The first-order chi connectivity index (χ1) is 6.78. The maximum atomic E-state index is 6.17. The highest BCUT2D eigenvalue weighted by Gasteiger charge is 2.44. The summed E-state index contributed by atoms with van der Waals surface area (Å²) >= 11 is 0. The molecule has 0 aromatic heterocycles. The van der Waals surface area contributed by atoms with Gasteiger partial charge in [0.15, 0.2) is 0 Å². The molecule has 2 aliphatic rings. The van der Waals surface area contributed by atoms with E-state index in [0.717, 1.165) is 24.2 Å². The lowest BCUT2D eigenvalue weighted by Crippen LogP contribution is -2.41. The number of hydrogen-bond acceptors (Lipinski definition) is 1. The van der Waals surface area contributed by atoms with Crippen LogP contribution < -0.4 is 5.73 Å². The Kier molecular flexibility index (Phi) is 2.50. The van der Waals surface area contributed by atoms with Crippen LogP contribution in [0.3, 0.4) is 0 Å². The molecule has 0 aromatic carbocycles. The summed E-state index contributed by atoms with van der Waals surface area (Å²) < 4.78 is 0. The van der Waals surface area contributed by atoms with Crippen LogP contribution in [0.5, 0.6) is 0 Å². The summed E-state index contributed by atoms with van der Waals surface area (Å²) in [7, 11) is 0. The second-order valence-corrected chi connectivity index (χ2v) is 7.04. The first kappa shape index (κ1) is 11.2.